The van der Waals surface area contributed by atoms with E-state index >= 15 is 0 Å². The second kappa shape index (κ2) is 6.57. The summed E-state index contributed by atoms with van der Waals surface area (Å²) in [6.07, 6.45) is 5.08. The third-order valence-electron chi connectivity index (χ3n) is 3.28. The van der Waals surface area contributed by atoms with Gasteiger partial charge in [-0.15, -0.1) is 0 Å². The summed E-state index contributed by atoms with van der Waals surface area (Å²) in [6, 6.07) is 7.27. The van der Waals surface area contributed by atoms with Gasteiger partial charge in [0.15, 0.2) is 0 Å². The first-order valence-corrected chi connectivity index (χ1v) is 6.51. The zero-order chi connectivity index (χ0) is 12.0. The van der Waals surface area contributed by atoms with Gasteiger partial charge < -0.3 is 5.32 Å². The topological polar surface area (TPSA) is 12.0 Å². The number of unbranched alkanes of at least 4 members (excludes halogenated alkanes) is 1. The third kappa shape index (κ3) is 3.88. The van der Waals surface area contributed by atoms with Crippen LogP contribution in [0, 0.1) is 13.8 Å². The Morgan fingerprint density at radius 2 is 1.88 bits per heavy atom. The van der Waals surface area contributed by atoms with Crippen LogP contribution in [0.4, 0.5) is 5.69 Å². The van der Waals surface area contributed by atoms with Gasteiger partial charge in [0.05, 0.1) is 0 Å². The van der Waals surface area contributed by atoms with Crippen molar-refractivity contribution in [2.75, 3.05) is 5.32 Å². The number of nitrogens with one attached hydrogen (secondary N) is 1. The van der Waals surface area contributed by atoms with E-state index in [1.54, 1.807) is 0 Å². The van der Waals surface area contributed by atoms with E-state index in [1.165, 1.54) is 42.5 Å². The van der Waals surface area contributed by atoms with Crippen molar-refractivity contribution < 1.29 is 0 Å². The standard InChI is InChI=1S/C15H25N/c1-5-7-8-14(6-2)16-15-10-9-12(3)13(4)11-15/h9-11,14,16H,5-8H2,1-4H3. The highest BCUT2D eigenvalue weighted by molar-refractivity contribution is 5.48. The number of aryl methyl sites for hydroxylation is 2. The molecule has 1 N–H and O–H groups in total. The minimum absolute atomic E-state index is 0.627. The molecular formula is C15H25N. The highest BCUT2D eigenvalue weighted by Gasteiger charge is 2.05. The quantitative estimate of drug-likeness (QED) is 0.732. The van der Waals surface area contributed by atoms with Crippen molar-refractivity contribution in [2.45, 2.75) is 59.4 Å². The van der Waals surface area contributed by atoms with Crippen molar-refractivity contribution in [1.29, 1.82) is 0 Å². The van der Waals surface area contributed by atoms with Crippen LogP contribution < -0.4 is 5.32 Å². The number of anilines is 1. The highest BCUT2D eigenvalue weighted by atomic mass is 14.9. The van der Waals surface area contributed by atoms with Gasteiger partial charge in [-0.1, -0.05) is 32.8 Å². The van der Waals surface area contributed by atoms with Crippen molar-refractivity contribution in [3.8, 4) is 0 Å². The van der Waals surface area contributed by atoms with Crippen LogP contribution in [0.5, 0.6) is 0 Å². The average molecular weight is 219 g/mol. The normalized spacial score (nSPS) is 12.5. The van der Waals surface area contributed by atoms with Gasteiger partial charge in [0.2, 0.25) is 0 Å². The fourth-order valence-electron chi connectivity index (χ4n) is 1.90. The van der Waals surface area contributed by atoms with Crippen LogP contribution in [-0.2, 0) is 0 Å². The van der Waals surface area contributed by atoms with Crippen LogP contribution in [0.2, 0.25) is 0 Å². The number of rotatable bonds is 6. The van der Waals surface area contributed by atoms with E-state index in [-0.39, 0.29) is 0 Å². The molecule has 0 aromatic heterocycles. The van der Waals surface area contributed by atoms with Crippen LogP contribution in [-0.4, -0.2) is 6.04 Å². The maximum Gasteiger partial charge on any atom is 0.0345 e. The van der Waals surface area contributed by atoms with Crippen LogP contribution in [0.3, 0.4) is 0 Å². The lowest BCUT2D eigenvalue weighted by atomic mass is 10.1. The average Bonchev–Trinajstić information content (AvgIpc) is 2.29. The number of hydrogen-bond acceptors (Lipinski definition) is 1. The molecule has 0 fully saturated rings. The molecule has 1 rings (SSSR count). The molecule has 0 amide bonds. The van der Waals surface area contributed by atoms with Gasteiger partial charge in [-0.3, -0.25) is 0 Å². The van der Waals surface area contributed by atoms with Gasteiger partial charge in [0.1, 0.15) is 0 Å². The smallest absolute Gasteiger partial charge is 0.0345 e. The SMILES string of the molecule is CCCCC(CC)Nc1ccc(C)c(C)c1. The van der Waals surface area contributed by atoms with E-state index < -0.39 is 0 Å². The van der Waals surface area contributed by atoms with E-state index in [0.717, 1.165) is 0 Å². The Morgan fingerprint density at radius 3 is 2.44 bits per heavy atom. The van der Waals surface area contributed by atoms with Crippen molar-refractivity contribution in [1.82, 2.24) is 0 Å². The van der Waals surface area contributed by atoms with Crippen LogP contribution in [0.25, 0.3) is 0 Å². The maximum absolute atomic E-state index is 3.63. The predicted octanol–water partition coefficient (Wildman–Crippen LogP) is 4.68. The largest absolute Gasteiger partial charge is 0.382 e. The van der Waals surface area contributed by atoms with E-state index in [0.29, 0.717) is 6.04 Å². The van der Waals surface area contributed by atoms with Gasteiger partial charge in [0.25, 0.3) is 0 Å². The fourth-order valence-corrected chi connectivity index (χ4v) is 1.90. The van der Waals surface area contributed by atoms with Crippen LogP contribution in [0.15, 0.2) is 18.2 Å². The van der Waals surface area contributed by atoms with Crippen LogP contribution >= 0.6 is 0 Å². The Labute approximate surface area is 100 Å². The molecule has 1 atom stereocenters. The van der Waals surface area contributed by atoms with Gasteiger partial charge >= 0.3 is 0 Å². The van der Waals surface area contributed by atoms with Gasteiger partial charge in [-0.05, 0) is 49.9 Å². The molecule has 0 radical (unpaired) electrons. The van der Waals surface area contributed by atoms with Crippen molar-refractivity contribution in [3.05, 3.63) is 29.3 Å². The van der Waals surface area contributed by atoms with Gasteiger partial charge in [-0.25, -0.2) is 0 Å². The highest BCUT2D eigenvalue weighted by Crippen LogP contribution is 2.17. The lowest BCUT2D eigenvalue weighted by Crippen LogP contribution is -2.18. The Kier molecular flexibility index (Phi) is 5.37. The maximum atomic E-state index is 3.63. The Balaban J connectivity index is 2.59. The lowest BCUT2D eigenvalue weighted by molar-refractivity contribution is 0.593. The number of hydrogen-bond donors (Lipinski definition) is 1. The first-order valence-electron chi connectivity index (χ1n) is 6.51. The molecule has 90 valence electrons. The summed E-state index contributed by atoms with van der Waals surface area (Å²) in [5.74, 6) is 0. The van der Waals surface area contributed by atoms with E-state index in [1.807, 2.05) is 0 Å². The summed E-state index contributed by atoms with van der Waals surface area (Å²) in [6.45, 7) is 8.85. The summed E-state index contributed by atoms with van der Waals surface area (Å²) in [5, 5.41) is 3.63. The zero-order valence-corrected chi connectivity index (χ0v) is 11.1. The molecule has 1 aromatic rings. The minimum atomic E-state index is 0.627. The van der Waals surface area contributed by atoms with E-state index in [4.69, 9.17) is 0 Å². The second-order valence-corrected chi connectivity index (χ2v) is 4.69. The molecular weight excluding hydrogens is 194 g/mol. The molecule has 0 bridgehead atoms. The zero-order valence-electron chi connectivity index (χ0n) is 11.1. The first-order chi connectivity index (χ1) is 7.67. The summed E-state index contributed by atoms with van der Waals surface area (Å²) >= 11 is 0. The fraction of sp³-hybridized carbons (Fsp3) is 0.600. The van der Waals surface area contributed by atoms with Gasteiger partial charge in [0, 0.05) is 11.7 Å². The van der Waals surface area contributed by atoms with Crippen molar-refractivity contribution in [3.63, 3.8) is 0 Å². The molecule has 1 nitrogen and oxygen atoms in total. The third-order valence-corrected chi connectivity index (χ3v) is 3.28. The minimum Gasteiger partial charge on any atom is -0.382 e. The molecule has 0 saturated heterocycles. The second-order valence-electron chi connectivity index (χ2n) is 4.69. The van der Waals surface area contributed by atoms with Crippen molar-refractivity contribution >= 4 is 5.69 Å². The molecule has 0 aliphatic carbocycles. The first kappa shape index (κ1) is 13.1. The molecule has 0 aliphatic rings. The molecule has 1 unspecified atom stereocenters. The van der Waals surface area contributed by atoms with Gasteiger partial charge in [-0.2, -0.15) is 0 Å². The molecule has 0 aliphatic heterocycles. The molecule has 0 saturated carbocycles. The molecule has 0 heterocycles. The monoisotopic (exact) mass is 219 g/mol. The van der Waals surface area contributed by atoms with Crippen LogP contribution in [0.1, 0.15) is 50.7 Å². The van der Waals surface area contributed by atoms with Crippen molar-refractivity contribution in [2.24, 2.45) is 0 Å². The Morgan fingerprint density at radius 1 is 1.12 bits per heavy atom. The summed E-state index contributed by atoms with van der Waals surface area (Å²) in [7, 11) is 0. The summed E-state index contributed by atoms with van der Waals surface area (Å²) < 4.78 is 0. The lowest BCUT2D eigenvalue weighted by Gasteiger charge is -2.18. The Hall–Kier alpha value is -0.980. The number of benzene rings is 1. The summed E-state index contributed by atoms with van der Waals surface area (Å²) in [5.41, 5.74) is 4.01. The molecule has 16 heavy (non-hydrogen) atoms. The Bertz CT molecular complexity index is 317. The summed E-state index contributed by atoms with van der Waals surface area (Å²) in [4.78, 5) is 0. The molecule has 0 spiro atoms. The molecule has 1 aromatic carbocycles. The molecule has 1 heteroatoms. The van der Waals surface area contributed by atoms with E-state index in [2.05, 4.69) is 51.2 Å². The predicted molar refractivity (Wildman–Crippen MR) is 73.1 cm³/mol. The van der Waals surface area contributed by atoms with E-state index in [9.17, 15) is 0 Å².